The third kappa shape index (κ3) is 5.59. The second-order valence-corrected chi connectivity index (χ2v) is 15.1. The van der Waals surface area contributed by atoms with Gasteiger partial charge in [0, 0.05) is 54.7 Å². The smallest absolute Gasteiger partial charge is 0.162 e. The minimum absolute atomic E-state index is 0.659. The van der Waals surface area contributed by atoms with Crippen molar-refractivity contribution < 1.29 is 8.83 Å². The van der Waals surface area contributed by atoms with Crippen molar-refractivity contribution in [2.45, 2.75) is 0 Å². The lowest BCUT2D eigenvalue weighted by Gasteiger charge is -2.12. The highest BCUT2D eigenvalue weighted by atomic mass is 16.3. The number of aromatic nitrogens is 3. The number of rotatable bonds is 6. The van der Waals surface area contributed by atoms with Crippen molar-refractivity contribution in [3.63, 3.8) is 0 Å². The Morgan fingerprint density at radius 1 is 0.317 bits per heavy atom. The summed E-state index contributed by atoms with van der Waals surface area (Å²) in [5.41, 5.74) is 15.0. The number of hydrogen-bond acceptors (Lipinski definition) is 5. The Morgan fingerprint density at radius 2 is 0.883 bits per heavy atom. The fourth-order valence-electron chi connectivity index (χ4n) is 8.66. The quantitative estimate of drug-likeness (QED) is 0.169. The minimum atomic E-state index is 0.659. The summed E-state index contributed by atoms with van der Waals surface area (Å²) in [4.78, 5) is 15.6. The highest BCUT2D eigenvalue weighted by molar-refractivity contribution is 6.24. The summed E-state index contributed by atoms with van der Waals surface area (Å²) >= 11 is 0. The third-order valence-corrected chi connectivity index (χ3v) is 11.5. The first-order valence-corrected chi connectivity index (χ1v) is 20.1. The molecular weight excluding hydrogens is 735 g/mol. The van der Waals surface area contributed by atoms with E-state index in [1.54, 1.807) is 0 Å². The number of para-hydroxylation sites is 3. The number of hydrogen-bond donors (Lipinski definition) is 0. The molecule has 4 aromatic heterocycles. The molecule has 60 heavy (non-hydrogen) atoms. The maximum Gasteiger partial charge on any atom is 0.162 e. The van der Waals surface area contributed by atoms with Gasteiger partial charge in [-0.25, -0.2) is 15.0 Å². The van der Waals surface area contributed by atoms with E-state index in [1.807, 2.05) is 48.5 Å². The van der Waals surface area contributed by atoms with Gasteiger partial charge in [-0.3, -0.25) is 0 Å². The lowest BCUT2D eigenvalue weighted by atomic mass is 9.95. The van der Waals surface area contributed by atoms with Gasteiger partial charge in [-0.2, -0.15) is 0 Å². The molecule has 0 spiro atoms. The average molecular weight is 768 g/mol. The van der Waals surface area contributed by atoms with Crippen LogP contribution >= 0.6 is 0 Å². The van der Waals surface area contributed by atoms with Crippen LogP contribution in [-0.2, 0) is 0 Å². The largest absolute Gasteiger partial charge is 0.455 e. The molecule has 280 valence electrons. The van der Waals surface area contributed by atoms with E-state index < -0.39 is 0 Å². The van der Waals surface area contributed by atoms with Crippen LogP contribution in [0.2, 0.25) is 0 Å². The predicted octanol–water partition coefficient (Wildman–Crippen LogP) is 14.8. The lowest BCUT2D eigenvalue weighted by molar-refractivity contribution is 0.668. The van der Waals surface area contributed by atoms with Gasteiger partial charge in [0.15, 0.2) is 11.4 Å². The van der Waals surface area contributed by atoms with E-state index in [-0.39, 0.29) is 0 Å². The molecule has 0 bridgehead atoms. The molecule has 12 aromatic rings. The van der Waals surface area contributed by atoms with Gasteiger partial charge in [0.1, 0.15) is 22.4 Å². The number of pyridine rings is 1. The van der Waals surface area contributed by atoms with Gasteiger partial charge in [0.25, 0.3) is 0 Å². The molecule has 0 aliphatic rings. The number of furan rings is 2. The molecule has 0 saturated heterocycles. The predicted molar refractivity (Wildman–Crippen MR) is 245 cm³/mol. The maximum absolute atomic E-state index is 6.67. The normalized spacial score (nSPS) is 11.7. The van der Waals surface area contributed by atoms with Crippen molar-refractivity contribution in [3.05, 3.63) is 200 Å². The first-order chi connectivity index (χ1) is 29.7. The molecule has 0 radical (unpaired) electrons. The maximum atomic E-state index is 6.67. The van der Waals surface area contributed by atoms with Gasteiger partial charge in [-0.05, 0) is 47.0 Å². The van der Waals surface area contributed by atoms with Gasteiger partial charge in [0.05, 0.1) is 16.9 Å². The van der Waals surface area contributed by atoms with Crippen molar-refractivity contribution in [1.29, 1.82) is 0 Å². The van der Waals surface area contributed by atoms with E-state index in [1.165, 1.54) is 0 Å². The van der Waals surface area contributed by atoms with Crippen LogP contribution < -0.4 is 0 Å². The van der Waals surface area contributed by atoms with Gasteiger partial charge in [-0.15, -0.1) is 0 Å². The molecule has 0 amide bonds. The summed E-state index contributed by atoms with van der Waals surface area (Å²) < 4.78 is 13.1. The molecule has 0 N–H and O–H groups in total. The zero-order valence-electron chi connectivity index (χ0n) is 32.2. The summed E-state index contributed by atoms with van der Waals surface area (Å²) in [5, 5.41) is 5.44. The van der Waals surface area contributed by atoms with E-state index >= 15 is 0 Å². The van der Waals surface area contributed by atoms with Crippen molar-refractivity contribution in [2.24, 2.45) is 0 Å². The summed E-state index contributed by atoms with van der Waals surface area (Å²) in [6.45, 7) is 0. The highest BCUT2D eigenvalue weighted by Gasteiger charge is 2.21. The van der Waals surface area contributed by atoms with Crippen molar-refractivity contribution in [1.82, 2.24) is 15.0 Å². The summed E-state index contributed by atoms with van der Waals surface area (Å²) in [5.74, 6) is 0.659. The molecule has 5 heteroatoms. The van der Waals surface area contributed by atoms with E-state index in [2.05, 4.69) is 152 Å². The van der Waals surface area contributed by atoms with Gasteiger partial charge >= 0.3 is 0 Å². The van der Waals surface area contributed by atoms with Crippen LogP contribution in [0.1, 0.15) is 0 Å². The first-order valence-electron chi connectivity index (χ1n) is 20.1. The summed E-state index contributed by atoms with van der Waals surface area (Å²) in [7, 11) is 0. The first kappa shape index (κ1) is 33.9. The topological polar surface area (TPSA) is 65.0 Å². The van der Waals surface area contributed by atoms with Crippen molar-refractivity contribution >= 4 is 54.8 Å². The van der Waals surface area contributed by atoms with Crippen molar-refractivity contribution in [3.8, 4) is 67.4 Å². The Balaban J connectivity index is 0.985. The zero-order valence-corrected chi connectivity index (χ0v) is 32.2. The lowest BCUT2D eigenvalue weighted by Crippen LogP contribution is -1.96. The molecule has 0 aliphatic heterocycles. The van der Waals surface area contributed by atoms with Gasteiger partial charge < -0.3 is 8.83 Å². The Morgan fingerprint density at radius 3 is 1.68 bits per heavy atom. The van der Waals surface area contributed by atoms with E-state index in [0.29, 0.717) is 5.82 Å². The van der Waals surface area contributed by atoms with Crippen LogP contribution in [0.4, 0.5) is 0 Å². The second-order valence-electron chi connectivity index (χ2n) is 15.1. The molecule has 0 saturated carbocycles. The standard InChI is InChI=1S/C55H33N3O2/c1-3-14-34(15-4-1)40-22-13-25-45-50(40)51-44-21-8-10-27-49(44)60-54(51)52(56-45)36-30-28-35(29-31-36)46-33-47(58-55(57-46)37-16-5-2-6-17-37)39-19-11-18-38(32-39)41-23-12-24-43-42-20-7-9-26-48(42)59-53(41)43/h1-33H. The van der Waals surface area contributed by atoms with Crippen LogP contribution in [-0.4, -0.2) is 15.0 Å². The van der Waals surface area contributed by atoms with Gasteiger partial charge in [0.2, 0.25) is 0 Å². The molecular formula is C55H33N3O2. The van der Waals surface area contributed by atoms with E-state index in [4.69, 9.17) is 23.8 Å². The molecule has 8 aromatic carbocycles. The number of benzene rings is 8. The average Bonchev–Trinajstić information content (AvgIpc) is 3.91. The second kappa shape index (κ2) is 13.8. The van der Waals surface area contributed by atoms with Crippen LogP contribution in [0.15, 0.2) is 209 Å². The third-order valence-electron chi connectivity index (χ3n) is 11.5. The fourth-order valence-corrected chi connectivity index (χ4v) is 8.66. The Bertz CT molecular complexity index is 3590. The Labute approximate surface area is 344 Å². The molecule has 0 fully saturated rings. The molecule has 0 aliphatic carbocycles. The molecule has 4 heterocycles. The highest BCUT2D eigenvalue weighted by Crippen LogP contribution is 2.43. The number of nitrogens with zero attached hydrogens (tertiary/aromatic N) is 3. The van der Waals surface area contributed by atoms with Crippen LogP contribution in [0.5, 0.6) is 0 Å². The van der Waals surface area contributed by atoms with Crippen molar-refractivity contribution in [2.75, 3.05) is 0 Å². The Kier molecular flexibility index (Phi) is 7.78. The number of fused-ring (bicyclic) bond motifs is 8. The van der Waals surface area contributed by atoms with Crippen LogP contribution in [0, 0.1) is 0 Å². The van der Waals surface area contributed by atoms with E-state index in [0.717, 1.165) is 116 Å². The van der Waals surface area contributed by atoms with Crippen LogP contribution in [0.25, 0.3) is 122 Å². The zero-order chi connectivity index (χ0) is 39.6. The minimum Gasteiger partial charge on any atom is -0.455 e. The molecule has 5 nitrogen and oxygen atoms in total. The monoisotopic (exact) mass is 767 g/mol. The molecule has 12 rings (SSSR count). The molecule has 0 unspecified atom stereocenters. The summed E-state index contributed by atoms with van der Waals surface area (Å²) in [6.07, 6.45) is 0. The SMILES string of the molecule is c1ccc(-c2nc(-c3ccc(-c4nc5cccc(-c6ccccc6)c5c5c4oc4ccccc45)cc3)cc(-c3cccc(-c4cccc5c4oc4ccccc45)c3)n2)cc1. The van der Waals surface area contributed by atoms with Gasteiger partial charge in [-0.1, -0.05) is 170 Å². The van der Waals surface area contributed by atoms with Crippen LogP contribution in [0.3, 0.4) is 0 Å². The fraction of sp³-hybridized carbons (Fsp3) is 0. The van der Waals surface area contributed by atoms with E-state index in [9.17, 15) is 0 Å². The molecule has 0 atom stereocenters. The summed E-state index contributed by atoms with van der Waals surface area (Å²) in [6, 6.07) is 68.9. The Hall–Kier alpha value is -8.15.